The average Bonchev–Trinajstić information content (AvgIpc) is 3.09. The second-order valence-electron chi connectivity index (χ2n) is 7.74. The largest absolute Gasteiger partial charge is 0.486 e. The smallest absolute Gasteiger partial charge is 0.222 e. The molecule has 0 fully saturated rings. The number of carbonyl (C=O) groups excluding carboxylic acids is 1. The monoisotopic (exact) mass is 393 g/mol. The first-order valence-corrected chi connectivity index (χ1v) is 10.1. The Labute approximate surface area is 171 Å². The Balaban J connectivity index is 1.28. The van der Waals surface area contributed by atoms with E-state index in [1.54, 1.807) is 4.90 Å². The third kappa shape index (κ3) is 4.21. The predicted molar refractivity (Wildman–Crippen MR) is 112 cm³/mol. The number of carbonyl (C=O) groups is 1. The van der Waals surface area contributed by atoms with Gasteiger partial charge in [0.15, 0.2) is 17.6 Å². The molecule has 6 nitrogen and oxygen atoms in total. The van der Waals surface area contributed by atoms with Crippen LogP contribution in [-0.4, -0.2) is 46.7 Å². The first kappa shape index (κ1) is 19.3. The summed E-state index contributed by atoms with van der Waals surface area (Å²) in [5, 5.41) is 0. The minimum absolute atomic E-state index is 0.115. The van der Waals surface area contributed by atoms with Crippen LogP contribution < -0.4 is 9.47 Å². The highest BCUT2D eigenvalue weighted by atomic mass is 16.6. The SMILES string of the molecule is Cc1cc2ncn(CCCC(=O)N(C)C[C@H]3COc4ccccc4O3)c2cc1C. The maximum Gasteiger partial charge on any atom is 0.222 e. The Bertz CT molecular complexity index is 1030. The van der Waals surface area contributed by atoms with Gasteiger partial charge in [-0.3, -0.25) is 4.79 Å². The van der Waals surface area contributed by atoms with Gasteiger partial charge < -0.3 is 18.9 Å². The van der Waals surface area contributed by atoms with E-state index in [-0.39, 0.29) is 12.0 Å². The first-order valence-electron chi connectivity index (χ1n) is 10.1. The van der Waals surface area contributed by atoms with E-state index < -0.39 is 0 Å². The van der Waals surface area contributed by atoms with E-state index in [1.807, 2.05) is 37.6 Å². The predicted octanol–water partition coefficient (Wildman–Crippen LogP) is 3.73. The lowest BCUT2D eigenvalue weighted by Crippen LogP contribution is -2.41. The van der Waals surface area contributed by atoms with Crippen molar-refractivity contribution in [3.05, 3.63) is 53.9 Å². The van der Waals surface area contributed by atoms with Gasteiger partial charge in [0, 0.05) is 20.0 Å². The van der Waals surface area contributed by atoms with E-state index in [0.29, 0.717) is 19.6 Å². The summed E-state index contributed by atoms with van der Waals surface area (Å²) in [6.45, 7) is 5.95. The molecule has 1 aliphatic heterocycles. The molecule has 0 unspecified atom stereocenters. The molecule has 0 radical (unpaired) electrons. The van der Waals surface area contributed by atoms with Crippen LogP contribution in [0.1, 0.15) is 24.0 Å². The molecule has 2 heterocycles. The normalized spacial score (nSPS) is 15.5. The quantitative estimate of drug-likeness (QED) is 0.640. The van der Waals surface area contributed by atoms with Crippen LogP contribution in [-0.2, 0) is 11.3 Å². The highest BCUT2D eigenvalue weighted by molar-refractivity contribution is 5.77. The number of hydrogen-bond acceptors (Lipinski definition) is 4. The number of ether oxygens (including phenoxy) is 2. The van der Waals surface area contributed by atoms with Gasteiger partial charge in [-0.05, 0) is 55.7 Å². The van der Waals surface area contributed by atoms with Crippen molar-refractivity contribution < 1.29 is 14.3 Å². The summed E-state index contributed by atoms with van der Waals surface area (Å²) < 4.78 is 13.8. The molecule has 29 heavy (non-hydrogen) atoms. The molecule has 0 saturated heterocycles. The molecule has 0 bridgehead atoms. The Morgan fingerprint density at radius 3 is 2.79 bits per heavy atom. The van der Waals surface area contributed by atoms with Gasteiger partial charge in [0.1, 0.15) is 6.61 Å². The van der Waals surface area contributed by atoms with Crippen molar-refractivity contribution in [2.24, 2.45) is 0 Å². The summed E-state index contributed by atoms with van der Waals surface area (Å²) in [4.78, 5) is 18.8. The maximum atomic E-state index is 12.6. The summed E-state index contributed by atoms with van der Waals surface area (Å²) in [5.41, 5.74) is 4.63. The van der Waals surface area contributed by atoms with Crippen LogP contribution in [0.2, 0.25) is 0 Å². The van der Waals surface area contributed by atoms with Gasteiger partial charge in [-0.15, -0.1) is 0 Å². The van der Waals surface area contributed by atoms with Crippen LogP contribution in [0.25, 0.3) is 11.0 Å². The van der Waals surface area contributed by atoms with E-state index >= 15 is 0 Å². The van der Waals surface area contributed by atoms with E-state index in [4.69, 9.17) is 9.47 Å². The van der Waals surface area contributed by atoms with Crippen LogP contribution in [0.3, 0.4) is 0 Å². The molecule has 2 aromatic carbocycles. The standard InChI is InChI=1S/C23H27N3O3/c1-16-11-19-20(12-17(16)2)26(15-24-19)10-6-9-23(27)25(3)13-18-14-28-21-7-4-5-8-22(21)29-18/h4-5,7-8,11-12,15,18H,6,9-10,13-14H2,1-3H3/t18-/m0/s1. The molecule has 1 atom stereocenters. The van der Waals surface area contributed by atoms with Gasteiger partial charge in [-0.25, -0.2) is 4.98 Å². The molecule has 4 rings (SSSR count). The molecule has 0 aliphatic carbocycles. The van der Waals surface area contributed by atoms with Gasteiger partial charge in [-0.2, -0.15) is 0 Å². The molecule has 0 N–H and O–H groups in total. The molecule has 1 aliphatic rings. The second kappa shape index (κ2) is 8.15. The number of hydrogen-bond donors (Lipinski definition) is 0. The fourth-order valence-electron chi connectivity index (χ4n) is 3.64. The number of benzene rings is 2. The van der Waals surface area contributed by atoms with Crippen LogP contribution in [0.4, 0.5) is 0 Å². The van der Waals surface area contributed by atoms with Gasteiger partial charge in [0.2, 0.25) is 5.91 Å². The van der Waals surface area contributed by atoms with Crippen molar-refractivity contribution in [3.63, 3.8) is 0 Å². The zero-order valence-electron chi connectivity index (χ0n) is 17.2. The molecule has 1 aromatic heterocycles. The summed E-state index contributed by atoms with van der Waals surface area (Å²) in [6, 6.07) is 11.9. The topological polar surface area (TPSA) is 56.6 Å². The number of rotatable bonds is 6. The average molecular weight is 393 g/mol. The molecule has 1 amide bonds. The molecule has 6 heteroatoms. The summed E-state index contributed by atoms with van der Waals surface area (Å²) >= 11 is 0. The highest BCUT2D eigenvalue weighted by Gasteiger charge is 2.23. The molecular weight excluding hydrogens is 366 g/mol. The summed E-state index contributed by atoms with van der Waals surface area (Å²) in [6.07, 6.45) is 2.97. The Morgan fingerprint density at radius 1 is 1.21 bits per heavy atom. The van der Waals surface area contributed by atoms with Gasteiger partial charge in [0.25, 0.3) is 0 Å². The number of aryl methyl sites for hydroxylation is 3. The number of nitrogens with zero attached hydrogens (tertiary/aromatic N) is 3. The molecular formula is C23H27N3O3. The van der Waals surface area contributed by atoms with Gasteiger partial charge in [0.05, 0.1) is 23.9 Å². The number of amides is 1. The lowest BCUT2D eigenvalue weighted by atomic mass is 10.1. The lowest BCUT2D eigenvalue weighted by Gasteiger charge is -2.29. The van der Waals surface area contributed by atoms with Crippen molar-refractivity contribution >= 4 is 16.9 Å². The van der Waals surface area contributed by atoms with Gasteiger partial charge >= 0.3 is 0 Å². The van der Waals surface area contributed by atoms with E-state index in [0.717, 1.165) is 35.5 Å². The number of imidazole rings is 1. The first-order chi connectivity index (χ1) is 14.0. The van der Waals surface area contributed by atoms with E-state index in [2.05, 4.69) is 35.5 Å². The Morgan fingerprint density at radius 2 is 1.97 bits per heavy atom. The van der Waals surface area contributed by atoms with Crippen molar-refractivity contribution in [3.8, 4) is 11.5 Å². The molecule has 0 spiro atoms. The number of fused-ring (bicyclic) bond motifs is 2. The van der Waals surface area contributed by atoms with Gasteiger partial charge in [-0.1, -0.05) is 12.1 Å². The third-order valence-corrected chi connectivity index (χ3v) is 5.50. The molecule has 0 saturated carbocycles. The number of aromatic nitrogens is 2. The second-order valence-corrected chi connectivity index (χ2v) is 7.74. The number of likely N-dealkylation sites (N-methyl/N-ethyl adjacent to an activating group) is 1. The molecule has 152 valence electrons. The minimum Gasteiger partial charge on any atom is -0.486 e. The van der Waals surface area contributed by atoms with Crippen LogP contribution >= 0.6 is 0 Å². The Kier molecular flexibility index (Phi) is 5.43. The fourth-order valence-corrected chi connectivity index (χ4v) is 3.64. The third-order valence-electron chi connectivity index (χ3n) is 5.50. The fraction of sp³-hybridized carbons (Fsp3) is 0.391. The minimum atomic E-state index is -0.150. The lowest BCUT2D eigenvalue weighted by molar-refractivity contribution is -0.131. The van der Waals surface area contributed by atoms with E-state index in [1.165, 1.54) is 11.1 Å². The zero-order chi connectivity index (χ0) is 20.4. The maximum absolute atomic E-state index is 12.6. The number of para-hydroxylation sites is 2. The molecule has 3 aromatic rings. The van der Waals surface area contributed by atoms with Crippen LogP contribution in [0.15, 0.2) is 42.7 Å². The summed E-state index contributed by atoms with van der Waals surface area (Å²) in [7, 11) is 1.82. The van der Waals surface area contributed by atoms with Crippen LogP contribution in [0.5, 0.6) is 11.5 Å². The summed E-state index contributed by atoms with van der Waals surface area (Å²) in [5.74, 6) is 1.61. The van der Waals surface area contributed by atoms with Crippen LogP contribution in [0, 0.1) is 13.8 Å². The van der Waals surface area contributed by atoms with E-state index in [9.17, 15) is 4.79 Å². The van der Waals surface area contributed by atoms with Crippen molar-refractivity contribution in [1.29, 1.82) is 0 Å². The van der Waals surface area contributed by atoms with Crippen molar-refractivity contribution in [2.75, 3.05) is 20.2 Å². The Hall–Kier alpha value is -3.02. The highest BCUT2D eigenvalue weighted by Crippen LogP contribution is 2.31. The zero-order valence-corrected chi connectivity index (χ0v) is 17.2. The van der Waals surface area contributed by atoms with Crippen molar-refractivity contribution in [1.82, 2.24) is 14.5 Å². The van der Waals surface area contributed by atoms with Crippen molar-refractivity contribution in [2.45, 2.75) is 39.3 Å².